The van der Waals surface area contributed by atoms with Gasteiger partial charge in [-0.2, -0.15) is 0 Å². The number of rotatable bonds is 5. The summed E-state index contributed by atoms with van der Waals surface area (Å²) in [5.41, 5.74) is 0.617. The van der Waals surface area contributed by atoms with Crippen molar-refractivity contribution in [1.82, 2.24) is 4.98 Å². The molecule has 1 heterocycles. The van der Waals surface area contributed by atoms with Crippen LogP contribution in [0, 0.1) is 0 Å². The summed E-state index contributed by atoms with van der Waals surface area (Å²) in [6.45, 7) is 0. The number of carbonyl (C=O) groups excluding carboxylic acids is 1. The smallest absolute Gasteiger partial charge is 0.224 e. The minimum Gasteiger partial charge on any atom is -0.325 e. The number of amides is 1. The monoisotopic (exact) mass is 242 g/mol. The van der Waals surface area contributed by atoms with Gasteiger partial charge in [0.05, 0.1) is 17.6 Å². The van der Waals surface area contributed by atoms with Crippen LogP contribution in [-0.2, 0) is 14.6 Å². The lowest BCUT2D eigenvalue weighted by Gasteiger charge is -2.03. The molecule has 0 saturated heterocycles. The Labute approximate surface area is 94.8 Å². The molecule has 5 nitrogen and oxygen atoms in total. The average molecular weight is 242 g/mol. The lowest BCUT2D eigenvalue weighted by Crippen LogP contribution is -2.13. The predicted molar refractivity (Wildman–Crippen MR) is 61.8 cm³/mol. The SMILES string of the molecule is CS(=O)(=O)CCCC(=O)Nc1cccnc1. The number of pyridine rings is 1. The first-order valence-electron chi connectivity index (χ1n) is 4.85. The van der Waals surface area contributed by atoms with Gasteiger partial charge in [0.1, 0.15) is 9.84 Å². The van der Waals surface area contributed by atoms with E-state index < -0.39 is 9.84 Å². The highest BCUT2D eigenvalue weighted by Crippen LogP contribution is 2.04. The first kappa shape index (κ1) is 12.6. The van der Waals surface area contributed by atoms with Crippen molar-refractivity contribution in [3.63, 3.8) is 0 Å². The molecule has 0 unspecified atom stereocenters. The summed E-state index contributed by atoms with van der Waals surface area (Å²) in [5, 5.41) is 2.63. The van der Waals surface area contributed by atoms with Crippen LogP contribution >= 0.6 is 0 Å². The van der Waals surface area contributed by atoms with Crippen molar-refractivity contribution in [3.05, 3.63) is 24.5 Å². The Bertz CT molecular complexity index is 442. The zero-order valence-electron chi connectivity index (χ0n) is 9.01. The predicted octanol–water partition coefficient (Wildman–Crippen LogP) is 0.845. The second-order valence-corrected chi connectivity index (χ2v) is 5.78. The molecule has 0 spiro atoms. The number of anilines is 1. The number of nitrogens with one attached hydrogen (secondary N) is 1. The molecule has 0 bridgehead atoms. The largest absolute Gasteiger partial charge is 0.325 e. The third-order valence-electron chi connectivity index (χ3n) is 1.86. The number of aromatic nitrogens is 1. The number of nitrogens with zero attached hydrogens (tertiary/aromatic N) is 1. The summed E-state index contributed by atoms with van der Waals surface area (Å²) in [6, 6.07) is 3.44. The topological polar surface area (TPSA) is 76.1 Å². The van der Waals surface area contributed by atoms with Gasteiger partial charge < -0.3 is 5.32 Å². The van der Waals surface area contributed by atoms with Crippen molar-refractivity contribution in [3.8, 4) is 0 Å². The minimum absolute atomic E-state index is 0.0352. The van der Waals surface area contributed by atoms with Crippen molar-refractivity contribution in [2.75, 3.05) is 17.3 Å². The molecule has 0 fully saturated rings. The van der Waals surface area contributed by atoms with Gasteiger partial charge in [-0.25, -0.2) is 8.42 Å². The molecule has 1 rings (SSSR count). The lowest BCUT2D eigenvalue weighted by atomic mass is 10.3. The second-order valence-electron chi connectivity index (χ2n) is 3.52. The van der Waals surface area contributed by atoms with Crippen LogP contribution in [0.1, 0.15) is 12.8 Å². The maximum atomic E-state index is 11.4. The van der Waals surface area contributed by atoms with E-state index in [2.05, 4.69) is 10.3 Å². The molecular weight excluding hydrogens is 228 g/mol. The van der Waals surface area contributed by atoms with Gasteiger partial charge in [-0.15, -0.1) is 0 Å². The van der Waals surface area contributed by atoms with Crippen LogP contribution in [-0.4, -0.2) is 31.3 Å². The molecular formula is C10H14N2O3S. The van der Waals surface area contributed by atoms with Crippen molar-refractivity contribution in [2.45, 2.75) is 12.8 Å². The molecule has 1 aromatic heterocycles. The second kappa shape index (κ2) is 5.60. The third kappa shape index (κ3) is 5.45. The highest BCUT2D eigenvalue weighted by Gasteiger charge is 2.06. The van der Waals surface area contributed by atoms with Gasteiger partial charge in [0.15, 0.2) is 0 Å². The van der Waals surface area contributed by atoms with E-state index >= 15 is 0 Å². The van der Waals surface area contributed by atoms with Crippen LogP contribution in [0.3, 0.4) is 0 Å². The van der Waals surface area contributed by atoms with Gasteiger partial charge in [0, 0.05) is 18.9 Å². The maximum Gasteiger partial charge on any atom is 0.224 e. The van der Waals surface area contributed by atoms with Gasteiger partial charge in [-0.05, 0) is 18.6 Å². The van der Waals surface area contributed by atoms with E-state index in [4.69, 9.17) is 0 Å². The average Bonchev–Trinajstić information content (AvgIpc) is 2.17. The lowest BCUT2D eigenvalue weighted by molar-refractivity contribution is -0.116. The quantitative estimate of drug-likeness (QED) is 0.830. The first-order chi connectivity index (χ1) is 7.47. The van der Waals surface area contributed by atoms with E-state index in [9.17, 15) is 13.2 Å². The van der Waals surface area contributed by atoms with Crippen LogP contribution in [0.15, 0.2) is 24.5 Å². The minimum atomic E-state index is -2.98. The Morgan fingerprint density at radius 2 is 2.25 bits per heavy atom. The molecule has 88 valence electrons. The van der Waals surface area contributed by atoms with Crippen molar-refractivity contribution >= 4 is 21.4 Å². The first-order valence-corrected chi connectivity index (χ1v) is 6.91. The molecule has 0 atom stereocenters. The van der Waals surface area contributed by atoms with Gasteiger partial charge in [-0.1, -0.05) is 0 Å². The molecule has 1 aromatic rings. The maximum absolute atomic E-state index is 11.4. The van der Waals surface area contributed by atoms with E-state index in [0.29, 0.717) is 12.1 Å². The fourth-order valence-electron chi connectivity index (χ4n) is 1.16. The zero-order valence-corrected chi connectivity index (χ0v) is 9.83. The summed E-state index contributed by atoms with van der Waals surface area (Å²) >= 11 is 0. The normalized spacial score (nSPS) is 11.1. The Morgan fingerprint density at radius 3 is 2.81 bits per heavy atom. The van der Waals surface area contributed by atoms with E-state index in [1.54, 1.807) is 18.3 Å². The number of hydrogen-bond donors (Lipinski definition) is 1. The summed E-state index contributed by atoms with van der Waals surface area (Å²) in [4.78, 5) is 15.2. The van der Waals surface area contributed by atoms with Crippen molar-refractivity contribution in [1.29, 1.82) is 0 Å². The fraction of sp³-hybridized carbons (Fsp3) is 0.400. The number of carbonyl (C=O) groups is 1. The van der Waals surface area contributed by atoms with E-state index in [1.807, 2.05) is 0 Å². The van der Waals surface area contributed by atoms with Crippen LogP contribution in [0.2, 0.25) is 0 Å². The van der Waals surface area contributed by atoms with E-state index in [0.717, 1.165) is 6.26 Å². The third-order valence-corrected chi connectivity index (χ3v) is 2.89. The molecule has 0 aliphatic carbocycles. The van der Waals surface area contributed by atoms with Gasteiger partial charge in [-0.3, -0.25) is 9.78 Å². The molecule has 1 N–H and O–H groups in total. The van der Waals surface area contributed by atoms with Crippen LogP contribution in [0.5, 0.6) is 0 Å². The number of sulfone groups is 1. The highest BCUT2D eigenvalue weighted by molar-refractivity contribution is 7.90. The fourth-order valence-corrected chi connectivity index (χ4v) is 1.82. The van der Waals surface area contributed by atoms with Crippen molar-refractivity contribution < 1.29 is 13.2 Å². The Balaban J connectivity index is 2.32. The number of hydrogen-bond acceptors (Lipinski definition) is 4. The Kier molecular flexibility index (Phi) is 4.42. The van der Waals surface area contributed by atoms with Gasteiger partial charge >= 0.3 is 0 Å². The summed E-state index contributed by atoms with van der Waals surface area (Å²) in [5.74, 6) is -0.162. The molecule has 0 aliphatic heterocycles. The van der Waals surface area contributed by atoms with Crippen molar-refractivity contribution in [2.24, 2.45) is 0 Å². The van der Waals surface area contributed by atoms with Crippen LogP contribution in [0.4, 0.5) is 5.69 Å². The molecule has 0 aromatic carbocycles. The van der Waals surface area contributed by atoms with Gasteiger partial charge in [0.2, 0.25) is 5.91 Å². The molecule has 0 radical (unpaired) electrons. The van der Waals surface area contributed by atoms with Gasteiger partial charge in [0.25, 0.3) is 0 Å². The molecule has 16 heavy (non-hydrogen) atoms. The Hall–Kier alpha value is -1.43. The zero-order chi connectivity index (χ0) is 12.0. The standard InChI is InChI=1S/C10H14N2O3S/c1-16(14,15)7-3-5-10(13)12-9-4-2-6-11-8-9/h2,4,6,8H,3,5,7H2,1H3,(H,12,13). The highest BCUT2D eigenvalue weighted by atomic mass is 32.2. The van der Waals surface area contributed by atoms with Crippen LogP contribution < -0.4 is 5.32 Å². The molecule has 0 aliphatic rings. The summed E-state index contributed by atoms with van der Waals surface area (Å²) < 4.78 is 21.7. The van der Waals surface area contributed by atoms with Crippen LogP contribution in [0.25, 0.3) is 0 Å². The molecule has 0 saturated carbocycles. The van der Waals surface area contributed by atoms with E-state index in [-0.39, 0.29) is 18.1 Å². The summed E-state index contributed by atoms with van der Waals surface area (Å²) in [7, 11) is -2.98. The molecule has 1 amide bonds. The molecule has 6 heteroatoms. The Morgan fingerprint density at radius 1 is 1.50 bits per heavy atom. The summed E-state index contributed by atoms with van der Waals surface area (Å²) in [6.07, 6.45) is 4.84. The van der Waals surface area contributed by atoms with E-state index in [1.165, 1.54) is 6.20 Å².